The second-order valence-corrected chi connectivity index (χ2v) is 7.98. The number of halogens is 5. The number of benzene rings is 1. The molecule has 17 heavy (non-hydrogen) atoms. The zero-order valence-electron chi connectivity index (χ0n) is 8.18. The molecule has 1 unspecified atom stereocenters. The van der Waals surface area contributed by atoms with Gasteiger partial charge < -0.3 is 0 Å². The Balaban J connectivity index is 2.40. The SMILES string of the molecule is Fc1ccc(C(Br)c2cc(Br)sc2Br)cc1F. The molecule has 1 atom stereocenters. The Morgan fingerprint density at radius 2 is 1.76 bits per heavy atom. The van der Waals surface area contributed by atoms with Crippen LogP contribution >= 0.6 is 59.1 Å². The van der Waals surface area contributed by atoms with E-state index in [0.29, 0.717) is 5.56 Å². The first kappa shape index (κ1) is 13.6. The summed E-state index contributed by atoms with van der Waals surface area (Å²) < 4.78 is 27.9. The highest BCUT2D eigenvalue weighted by atomic mass is 79.9. The Labute approximate surface area is 126 Å². The molecule has 0 N–H and O–H groups in total. The number of thiophene rings is 1. The van der Waals surface area contributed by atoms with Crippen molar-refractivity contribution in [3.8, 4) is 0 Å². The van der Waals surface area contributed by atoms with Gasteiger partial charge in [-0.1, -0.05) is 22.0 Å². The first-order valence-corrected chi connectivity index (χ1v) is 7.84. The van der Waals surface area contributed by atoms with Crippen molar-refractivity contribution < 1.29 is 8.78 Å². The molecule has 2 rings (SSSR count). The summed E-state index contributed by atoms with van der Waals surface area (Å²) in [5.74, 6) is -1.67. The summed E-state index contributed by atoms with van der Waals surface area (Å²) in [6, 6.07) is 5.84. The van der Waals surface area contributed by atoms with Gasteiger partial charge in [0.05, 0.1) is 12.4 Å². The average molecular weight is 447 g/mol. The molecule has 6 heteroatoms. The molecule has 1 aromatic carbocycles. The van der Waals surface area contributed by atoms with E-state index in [4.69, 9.17) is 0 Å². The first-order valence-electron chi connectivity index (χ1n) is 4.53. The van der Waals surface area contributed by atoms with E-state index in [1.807, 2.05) is 6.07 Å². The summed E-state index contributed by atoms with van der Waals surface area (Å²) in [5.41, 5.74) is 1.66. The van der Waals surface area contributed by atoms with Gasteiger partial charge in [-0.3, -0.25) is 0 Å². The van der Waals surface area contributed by atoms with E-state index in [0.717, 1.165) is 19.2 Å². The maximum absolute atomic E-state index is 13.1. The summed E-state index contributed by atoms with van der Waals surface area (Å²) in [6.07, 6.45) is 0. The summed E-state index contributed by atoms with van der Waals surface area (Å²) >= 11 is 11.8. The number of hydrogen-bond acceptors (Lipinski definition) is 1. The minimum absolute atomic E-state index is 0.172. The van der Waals surface area contributed by atoms with Crippen LogP contribution in [0.3, 0.4) is 0 Å². The van der Waals surface area contributed by atoms with Crippen LogP contribution in [0.15, 0.2) is 31.8 Å². The summed E-state index contributed by atoms with van der Waals surface area (Å²) in [6.45, 7) is 0. The Morgan fingerprint density at radius 1 is 1.06 bits per heavy atom. The van der Waals surface area contributed by atoms with Crippen LogP contribution in [0.2, 0.25) is 0 Å². The molecular formula is C11H5Br3F2S. The smallest absolute Gasteiger partial charge is 0.159 e. The van der Waals surface area contributed by atoms with E-state index in [-0.39, 0.29) is 4.83 Å². The number of alkyl halides is 1. The van der Waals surface area contributed by atoms with Gasteiger partial charge >= 0.3 is 0 Å². The van der Waals surface area contributed by atoms with Gasteiger partial charge in [-0.05, 0) is 61.2 Å². The fourth-order valence-electron chi connectivity index (χ4n) is 1.38. The highest BCUT2D eigenvalue weighted by molar-refractivity contribution is 9.12. The second-order valence-electron chi connectivity index (χ2n) is 3.32. The fraction of sp³-hybridized carbons (Fsp3) is 0.0909. The summed E-state index contributed by atoms with van der Waals surface area (Å²) in [7, 11) is 0. The lowest BCUT2D eigenvalue weighted by Gasteiger charge is -2.09. The quantitative estimate of drug-likeness (QED) is 0.494. The van der Waals surface area contributed by atoms with Gasteiger partial charge in [-0.2, -0.15) is 0 Å². The van der Waals surface area contributed by atoms with Crippen molar-refractivity contribution >= 4 is 59.1 Å². The summed E-state index contributed by atoms with van der Waals surface area (Å²) in [5, 5.41) is 0. The average Bonchev–Trinajstić information content (AvgIpc) is 2.61. The summed E-state index contributed by atoms with van der Waals surface area (Å²) in [4.78, 5) is -0.172. The maximum Gasteiger partial charge on any atom is 0.159 e. The minimum Gasteiger partial charge on any atom is -0.204 e. The van der Waals surface area contributed by atoms with Crippen LogP contribution in [-0.4, -0.2) is 0 Å². The van der Waals surface area contributed by atoms with E-state index in [1.54, 1.807) is 6.07 Å². The first-order chi connectivity index (χ1) is 7.99. The van der Waals surface area contributed by atoms with Crippen molar-refractivity contribution in [1.82, 2.24) is 0 Å². The molecule has 0 radical (unpaired) electrons. The minimum atomic E-state index is -0.836. The van der Waals surface area contributed by atoms with Crippen LogP contribution in [-0.2, 0) is 0 Å². The van der Waals surface area contributed by atoms with Crippen molar-refractivity contribution in [3.63, 3.8) is 0 Å². The van der Waals surface area contributed by atoms with Crippen molar-refractivity contribution in [1.29, 1.82) is 0 Å². The number of rotatable bonds is 2. The highest BCUT2D eigenvalue weighted by Gasteiger charge is 2.17. The highest BCUT2D eigenvalue weighted by Crippen LogP contribution is 2.41. The lowest BCUT2D eigenvalue weighted by Crippen LogP contribution is -1.94. The Kier molecular flexibility index (Phi) is 4.39. The van der Waals surface area contributed by atoms with Crippen molar-refractivity contribution in [3.05, 3.63) is 54.6 Å². The van der Waals surface area contributed by atoms with Gasteiger partial charge in [0.2, 0.25) is 0 Å². The van der Waals surface area contributed by atoms with Gasteiger partial charge in [0, 0.05) is 0 Å². The molecule has 90 valence electrons. The van der Waals surface area contributed by atoms with Gasteiger partial charge in [0.15, 0.2) is 11.6 Å². The largest absolute Gasteiger partial charge is 0.204 e. The molecule has 0 aliphatic rings. The van der Waals surface area contributed by atoms with E-state index in [9.17, 15) is 8.78 Å². The lowest BCUT2D eigenvalue weighted by molar-refractivity contribution is 0.507. The standard InChI is InChI=1S/C11H5Br3F2S/c12-9-4-6(11(14)17-9)10(13)5-1-2-7(15)8(16)3-5/h1-4,10H. The molecule has 1 aromatic heterocycles. The van der Waals surface area contributed by atoms with Crippen LogP contribution < -0.4 is 0 Å². The van der Waals surface area contributed by atoms with Crippen molar-refractivity contribution in [2.45, 2.75) is 4.83 Å². The van der Waals surface area contributed by atoms with Crippen LogP contribution in [0, 0.1) is 11.6 Å². The van der Waals surface area contributed by atoms with Crippen LogP contribution in [0.25, 0.3) is 0 Å². The molecule has 0 spiro atoms. The zero-order valence-corrected chi connectivity index (χ0v) is 13.8. The molecule has 1 heterocycles. The zero-order chi connectivity index (χ0) is 12.6. The number of hydrogen-bond donors (Lipinski definition) is 0. The molecule has 0 bridgehead atoms. The third-order valence-electron chi connectivity index (χ3n) is 2.19. The van der Waals surface area contributed by atoms with E-state index in [1.165, 1.54) is 17.4 Å². The molecule has 2 aromatic rings. The van der Waals surface area contributed by atoms with E-state index in [2.05, 4.69) is 47.8 Å². The monoisotopic (exact) mass is 444 g/mol. The Bertz CT molecular complexity index is 554. The Morgan fingerprint density at radius 3 is 2.29 bits per heavy atom. The molecule has 0 aliphatic carbocycles. The topological polar surface area (TPSA) is 0 Å². The normalized spacial score (nSPS) is 12.8. The molecule has 0 nitrogen and oxygen atoms in total. The molecule has 0 saturated heterocycles. The van der Waals surface area contributed by atoms with Crippen molar-refractivity contribution in [2.24, 2.45) is 0 Å². The predicted octanol–water partition coefficient (Wildman–Crippen LogP) is 6.04. The predicted molar refractivity (Wildman–Crippen MR) is 76.8 cm³/mol. The lowest BCUT2D eigenvalue weighted by atomic mass is 10.1. The molecule has 0 amide bonds. The molecule has 0 saturated carbocycles. The van der Waals surface area contributed by atoms with Crippen LogP contribution in [0.5, 0.6) is 0 Å². The van der Waals surface area contributed by atoms with Crippen LogP contribution in [0.1, 0.15) is 16.0 Å². The van der Waals surface area contributed by atoms with Gasteiger partial charge in [-0.15, -0.1) is 11.3 Å². The van der Waals surface area contributed by atoms with Gasteiger partial charge in [0.1, 0.15) is 0 Å². The molecular weight excluding hydrogens is 442 g/mol. The van der Waals surface area contributed by atoms with Crippen LogP contribution in [0.4, 0.5) is 8.78 Å². The van der Waals surface area contributed by atoms with Gasteiger partial charge in [-0.25, -0.2) is 8.78 Å². The van der Waals surface area contributed by atoms with Crippen molar-refractivity contribution in [2.75, 3.05) is 0 Å². The third kappa shape index (κ3) is 2.97. The molecule has 0 aliphatic heterocycles. The Hall–Kier alpha value is 0.220. The van der Waals surface area contributed by atoms with Gasteiger partial charge in [0.25, 0.3) is 0 Å². The van der Waals surface area contributed by atoms with E-state index < -0.39 is 11.6 Å². The fourth-order valence-corrected chi connectivity index (χ4v) is 5.38. The second kappa shape index (κ2) is 5.47. The molecule has 0 fully saturated rings. The van der Waals surface area contributed by atoms with E-state index >= 15 is 0 Å². The maximum atomic E-state index is 13.1. The third-order valence-corrected chi connectivity index (χ3v) is 5.60.